The minimum Gasteiger partial charge on any atom is -0.495 e. The molecule has 1 atom stereocenters. The molecule has 0 fully saturated rings. The summed E-state index contributed by atoms with van der Waals surface area (Å²) in [4.78, 5) is 44.4. The van der Waals surface area contributed by atoms with Crippen LogP contribution in [0.5, 0.6) is 5.75 Å². The van der Waals surface area contributed by atoms with Gasteiger partial charge in [0.2, 0.25) is 11.7 Å². The lowest BCUT2D eigenvalue weighted by Crippen LogP contribution is -2.36. The molecule has 0 saturated carbocycles. The normalized spacial score (nSPS) is 11.8. The number of methoxy groups -OCH3 is 1. The summed E-state index contributed by atoms with van der Waals surface area (Å²) in [7, 11) is 1.43. The maximum Gasteiger partial charge on any atom is 0.371 e. The van der Waals surface area contributed by atoms with Gasteiger partial charge in [-0.1, -0.05) is 25.4 Å². The van der Waals surface area contributed by atoms with Crippen LogP contribution < -0.4 is 15.6 Å². The number of halogens is 1. The summed E-state index contributed by atoms with van der Waals surface area (Å²) in [6.45, 7) is 3.61. The molecule has 188 valence electrons. The number of fused-ring (bicyclic) bond motifs is 1. The number of carbonyl (C=O) groups excluding carboxylic acids is 1. The number of imidazole rings is 1. The topological polar surface area (TPSA) is 150 Å². The molecule has 2 aromatic carbocycles. The number of hydrogen-bond acceptors (Lipinski definition) is 6. The Morgan fingerprint density at radius 3 is 2.59 bits per heavy atom. The molecule has 1 unspecified atom stereocenters. The van der Waals surface area contributed by atoms with Gasteiger partial charge in [-0.15, -0.1) is 0 Å². The van der Waals surface area contributed by atoms with Crippen LogP contribution in [-0.2, 0) is 4.79 Å². The molecule has 10 nitrogen and oxygen atoms in total. The highest BCUT2D eigenvalue weighted by molar-refractivity contribution is 6.31. The van der Waals surface area contributed by atoms with E-state index < -0.39 is 23.5 Å². The SMILES string of the molecule is COc1cn(C(C(=O)Nc2ccc3nc(C(=O)O)[nH]c3c2)C(C)C)c(=O)cc1-c1cc(Cl)ccc1C#N. The Morgan fingerprint density at radius 2 is 1.95 bits per heavy atom. The Labute approximate surface area is 216 Å². The number of aromatic amines is 1. The van der Waals surface area contributed by atoms with E-state index in [2.05, 4.69) is 21.4 Å². The summed E-state index contributed by atoms with van der Waals surface area (Å²) in [5.74, 6) is -1.86. The van der Waals surface area contributed by atoms with E-state index in [9.17, 15) is 19.6 Å². The smallest absolute Gasteiger partial charge is 0.371 e. The van der Waals surface area contributed by atoms with Gasteiger partial charge in [0.25, 0.3) is 5.56 Å². The molecule has 4 aromatic rings. The van der Waals surface area contributed by atoms with Crippen LogP contribution in [0.25, 0.3) is 22.2 Å². The van der Waals surface area contributed by atoms with Crippen LogP contribution >= 0.6 is 11.6 Å². The van der Waals surface area contributed by atoms with Crippen molar-refractivity contribution in [2.24, 2.45) is 5.92 Å². The van der Waals surface area contributed by atoms with Crippen molar-refractivity contribution in [3.05, 3.63) is 75.4 Å². The largest absolute Gasteiger partial charge is 0.495 e. The van der Waals surface area contributed by atoms with E-state index in [1.165, 1.54) is 23.9 Å². The van der Waals surface area contributed by atoms with Crippen LogP contribution in [0.1, 0.15) is 36.1 Å². The minimum atomic E-state index is -1.20. The summed E-state index contributed by atoms with van der Waals surface area (Å²) in [6.07, 6.45) is 1.45. The first kappa shape index (κ1) is 25.5. The van der Waals surface area contributed by atoms with Gasteiger partial charge in [-0.05, 0) is 42.3 Å². The van der Waals surface area contributed by atoms with Crippen LogP contribution in [0.3, 0.4) is 0 Å². The van der Waals surface area contributed by atoms with E-state index in [4.69, 9.17) is 21.4 Å². The van der Waals surface area contributed by atoms with Crippen molar-refractivity contribution in [1.82, 2.24) is 14.5 Å². The minimum absolute atomic E-state index is 0.212. The van der Waals surface area contributed by atoms with Crippen molar-refractivity contribution in [3.63, 3.8) is 0 Å². The number of amides is 1. The Morgan fingerprint density at radius 1 is 1.19 bits per heavy atom. The summed E-state index contributed by atoms with van der Waals surface area (Å²) < 4.78 is 6.82. The van der Waals surface area contributed by atoms with E-state index >= 15 is 0 Å². The Kier molecular flexibility index (Phi) is 7.00. The third-order valence-corrected chi connectivity index (χ3v) is 6.04. The van der Waals surface area contributed by atoms with Gasteiger partial charge in [-0.3, -0.25) is 14.2 Å². The Balaban J connectivity index is 1.72. The number of nitrogens with one attached hydrogen (secondary N) is 2. The molecule has 2 heterocycles. The summed E-state index contributed by atoms with van der Waals surface area (Å²) in [5, 5.41) is 21.8. The molecule has 2 aromatic heterocycles. The van der Waals surface area contributed by atoms with Gasteiger partial charge in [0.15, 0.2) is 0 Å². The van der Waals surface area contributed by atoms with Crippen molar-refractivity contribution >= 4 is 40.2 Å². The zero-order valence-corrected chi connectivity index (χ0v) is 20.8. The molecule has 0 radical (unpaired) electrons. The molecule has 3 N–H and O–H groups in total. The molecule has 1 amide bonds. The molecule has 4 rings (SSSR count). The fourth-order valence-corrected chi connectivity index (χ4v) is 4.28. The lowest BCUT2D eigenvalue weighted by atomic mass is 9.99. The van der Waals surface area contributed by atoms with Crippen molar-refractivity contribution in [2.45, 2.75) is 19.9 Å². The fourth-order valence-electron chi connectivity index (χ4n) is 4.11. The average Bonchev–Trinajstić information content (AvgIpc) is 3.28. The van der Waals surface area contributed by atoms with Gasteiger partial charge in [0, 0.05) is 27.9 Å². The number of anilines is 1. The van der Waals surface area contributed by atoms with Crippen LogP contribution in [-0.4, -0.2) is 38.6 Å². The van der Waals surface area contributed by atoms with Gasteiger partial charge in [0.05, 0.1) is 36.0 Å². The van der Waals surface area contributed by atoms with Gasteiger partial charge in [-0.25, -0.2) is 9.78 Å². The second kappa shape index (κ2) is 10.2. The number of rotatable bonds is 7. The highest BCUT2D eigenvalue weighted by Gasteiger charge is 2.27. The van der Waals surface area contributed by atoms with E-state index in [1.54, 1.807) is 50.2 Å². The zero-order chi connectivity index (χ0) is 26.9. The number of pyridine rings is 1. The molecule has 37 heavy (non-hydrogen) atoms. The number of aromatic carboxylic acids is 1. The Hall–Kier alpha value is -4.62. The molecule has 0 aliphatic heterocycles. The quantitative estimate of drug-likeness (QED) is 0.326. The molecular formula is C26H22ClN5O5. The third kappa shape index (κ3) is 5.03. The first-order chi connectivity index (χ1) is 17.6. The number of carboxylic acid groups (broad SMARTS) is 1. The standard InChI is InChI=1S/C26H22ClN5O5/c1-13(2)23(25(34)29-16-6-7-19-20(9-16)31-24(30-19)26(35)36)32-12-21(37-3)18(10-22(32)33)17-8-15(27)5-4-14(17)11-28/h4-10,12-13,23H,1-3H3,(H,29,34)(H,30,31)(H,35,36). The van der Waals surface area contributed by atoms with Gasteiger partial charge >= 0.3 is 5.97 Å². The number of H-pyrrole nitrogens is 1. The van der Waals surface area contributed by atoms with Gasteiger partial charge in [0.1, 0.15) is 11.8 Å². The molecule has 0 aliphatic rings. The van der Waals surface area contributed by atoms with E-state index in [-0.39, 0.29) is 17.5 Å². The number of aromatic nitrogens is 3. The van der Waals surface area contributed by atoms with Crippen molar-refractivity contribution in [3.8, 4) is 22.9 Å². The van der Waals surface area contributed by atoms with Crippen LogP contribution in [0.4, 0.5) is 5.69 Å². The highest BCUT2D eigenvalue weighted by atomic mass is 35.5. The average molecular weight is 520 g/mol. The zero-order valence-electron chi connectivity index (χ0n) is 20.1. The Bertz CT molecular complexity index is 1630. The molecule has 0 saturated heterocycles. The second-order valence-corrected chi connectivity index (χ2v) is 9.04. The van der Waals surface area contributed by atoms with Crippen molar-refractivity contribution < 1.29 is 19.4 Å². The molecule has 0 aliphatic carbocycles. The van der Waals surface area contributed by atoms with Crippen LogP contribution in [0.2, 0.25) is 5.02 Å². The van der Waals surface area contributed by atoms with Gasteiger partial charge < -0.3 is 20.1 Å². The second-order valence-electron chi connectivity index (χ2n) is 8.60. The number of benzene rings is 2. The number of nitriles is 1. The molecule has 0 bridgehead atoms. The third-order valence-electron chi connectivity index (χ3n) is 5.81. The predicted octanol–water partition coefficient (Wildman–Crippen LogP) is 4.46. The lowest BCUT2D eigenvalue weighted by molar-refractivity contribution is -0.120. The summed E-state index contributed by atoms with van der Waals surface area (Å²) in [6, 6.07) is 12.0. The number of nitrogens with zero attached hydrogens (tertiary/aromatic N) is 3. The van der Waals surface area contributed by atoms with E-state index in [0.717, 1.165) is 0 Å². The molecule has 11 heteroatoms. The first-order valence-corrected chi connectivity index (χ1v) is 11.5. The van der Waals surface area contributed by atoms with Crippen LogP contribution in [0.15, 0.2) is 53.5 Å². The lowest BCUT2D eigenvalue weighted by Gasteiger charge is -2.24. The molecular weight excluding hydrogens is 498 g/mol. The highest BCUT2D eigenvalue weighted by Crippen LogP contribution is 2.34. The molecule has 0 spiro atoms. The maximum atomic E-state index is 13.4. The number of carbonyl (C=O) groups is 2. The number of hydrogen-bond donors (Lipinski definition) is 3. The summed E-state index contributed by atoms with van der Waals surface area (Å²) in [5.41, 5.74) is 1.94. The first-order valence-electron chi connectivity index (χ1n) is 11.2. The summed E-state index contributed by atoms with van der Waals surface area (Å²) >= 11 is 6.13. The van der Waals surface area contributed by atoms with Crippen molar-refractivity contribution in [1.29, 1.82) is 5.26 Å². The number of ether oxygens (including phenoxy) is 1. The van der Waals surface area contributed by atoms with E-state index in [1.807, 2.05) is 0 Å². The van der Waals surface area contributed by atoms with Crippen LogP contribution in [0, 0.1) is 17.2 Å². The monoisotopic (exact) mass is 519 g/mol. The maximum absolute atomic E-state index is 13.4. The number of carboxylic acids is 1. The predicted molar refractivity (Wildman–Crippen MR) is 138 cm³/mol. The fraction of sp³-hybridized carbons (Fsp3) is 0.192. The van der Waals surface area contributed by atoms with Gasteiger partial charge in [-0.2, -0.15) is 5.26 Å². The van der Waals surface area contributed by atoms with E-state index in [0.29, 0.717) is 38.4 Å². The van der Waals surface area contributed by atoms with Crippen molar-refractivity contribution in [2.75, 3.05) is 12.4 Å².